The Balaban J connectivity index is 4.96. The Kier molecular flexibility index (Phi) is 9.50. The standard InChI is InChI=1S/C14H28O7Si/c1-5-6-8-14(13(17)18,11-12(15)16)9-7-10-22(19-2,20-3)21-4/h5-11H2,1-4H3,(H,15,16)(H,17,18). The number of hydrogen-bond acceptors (Lipinski definition) is 5. The van der Waals surface area contributed by atoms with Gasteiger partial charge in [0, 0.05) is 27.4 Å². The molecule has 0 radical (unpaired) electrons. The van der Waals surface area contributed by atoms with Gasteiger partial charge >= 0.3 is 20.7 Å². The van der Waals surface area contributed by atoms with Gasteiger partial charge in [-0.3, -0.25) is 9.59 Å². The summed E-state index contributed by atoms with van der Waals surface area (Å²) in [5, 5.41) is 18.6. The van der Waals surface area contributed by atoms with Crippen molar-refractivity contribution in [3.8, 4) is 0 Å². The molecular formula is C14H28O7Si. The molecule has 0 aromatic carbocycles. The highest BCUT2D eigenvalue weighted by molar-refractivity contribution is 6.60. The molecule has 0 fully saturated rings. The van der Waals surface area contributed by atoms with Crippen LogP contribution in [0.25, 0.3) is 0 Å². The molecule has 2 N–H and O–H groups in total. The van der Waals surface area contributed by atoms with Crippen molar-refractivity contribution in [3.63, 3.8) is 0 Å². The predicted molar refractivity (Wildman–Crippen MR) is 82.7 cm³/mol. The molecule has 22 heavy (non-hydrogen) atoms. The first-order chi connectivity index (χ1) is 10.3. The SMILES string of the molecule is CCCCC(CCC[Si](OC)(OC)OC)(CC(=O)O)C(=O)O. The van der Waals surface area contributed by atoms with Gasteiger partial charge in [-0.1, -0.05) is 19.8 Å². The third-order valence-corrected chi connectivity index (χ3v) is 6.86. The zero-order valence-electron chi connectivity index (χ0n) is 13.9. The number of carbonyl (C=O) groups is 2. The summed E-state index contributed by atoms with van der Waals surface area (Å²) in [5.41, 5.74) is -1.24. The molecule has 0 heterocycles. The summed E-state index contributed by atoms with van der Waals surface area (Å²) >= 11 is 0. The van der Waals surface area contributed by atoms with E-state index in [4.69, 9.17) is 18.4 Å². The van der Waals surface area contributed by atoms with Crippen molar-refractivity contribution in [1.82, 2.24) is 0 Å². The minimum Gasteiger partial charge on any atom is -0.481 e. The lowest BCUT2D eigenvalue weighted by Gasteiger charge is -2.30. The van der Waals surface area contributed by atoms with Crippen molar-refractivity contribution in [2.75, 3.05) is 21.3 Å². The Morgan fingerprint density at radius 2 is 1.50 bits per heavy atom. The first kappa shape index (κ1) is 21.0. The molecular weight excluding hydrogens is 308 g/mol. The molecule has 0 aliphatic heterocycles. The lowest BCUT2D eigenvalue weighted by molar-refractivity contribution is -0.157. The van der Waals surface area contributed by atoms with Gasteiger partial charge in [-0.2, -0.15) is 0 Å². The van der Waals surface area contributed by atoms with E-state index in [1.807, 2.05) is 6.92 Å². The molecule has 8 heteroatoms. The molecule has 0 saturated heterocycles. The second-order valence-electron chi connectivity index (χ2n) is 5.41. The van der Waals surface area contributed by atoms with Crippen LogP contribution >= 0.6 is 0 Å². The molecule has 1 atom stereocenters. The van der Waals surface area contributed by atoms with Gasteiger partial charge in [0.15, 0.2) is 0 Å². The Hall–Kier alpha value is -0.963. The summed E-state index contributed by atoms with van der Waals surface area (Å²) in [4.78, 5) is 22.8. The fourth-order valence-electron chi connectivity index (χ4n) is 2.60. The number of carboxylic acid groups (broad SMARTS) is 2. The fraction of sp³-hybridized carbons (Fsp3) is 0.857. The van der Waals surface area contributed by atoms with Crippen LogP contribution < -0.4 is 0 Å². The lowest BCUT2D eigenvalue weighted by Crippen LogP contribution is -2.43. The van der Waals surface area contributed by atoms with E-state index in [2.05, 4.69) is 0 Å². The predicted octanol–water partition coefficient (Wildman–Crippen LogP) is 2.38. The molecule has 1 unspecified atom stereocenters. The molecule has 0 aromatic heterocycles. The third kappa shape index (κ3) is 6.03. The minimum absolute atomic E-state index is 0.263. The summed E-state index contributed by atoms with van der Waals surface area (Å²) in [5.74, 6) is -2.14. The summed E-state index contributed by atoms with van der Waals surface area (Å²) in [7, 11) is 1.73. The summed E-state index contributed by atoms with van der Waals surface area (Å²) in [6.45, 7) is 1.95. The highest BCUT2D eigenvalue weighted by atomic mass is 28.4. The van der Waals surface area contributed by atoms with Crippen LogP contribution in [0, 0.1) is 5.41 Å². The highest BCUT2D eigenvalue weighted by Crippen LogP contribution is 2.36. The van der Waals surface area contributed by atoms with Crippen LogP contribution in [0.2, 0.25) is 6.04 Å². The maximum Gasteiger partial charge on any atom is 0.500 e. The molecule has 0 saturated carbocycles. The molecule has 130 valence electrons. The first-order valence-electron chi connectivity index (χ1n) is 7.42. The van der Waals surface area contributed by atoms with Gasteiger partial charge in [-0.15, -0.1) is 0 Å². The van der Waals surface area contributed by atoms with Crippen LogP contribution in [-0.4, -0.2) is 52.3 Å². The van der Waals surface area contributed by atoms with Crippen molar-refractivity contribution in [2.45, 2.75) is 51.5 Å². The van der Waals surface area contributed by atoms with Gasteiger partial charge in [0.25, 0.3) is 0 Å². The van der Waals surface area contributed by atoms with E-state index in [0.29, 0.717) is 25.3 Å². The first-order valence-corrected chi connectivity index (χ1v) is 9.35. The van der Waals surface area contributed by atoms with Gasteiger partial charge in [-0.05, 0) is 19.3 Å². The monoisotopic (exact) mass is 336 g/mol. The van der Waals surface area contributed by atoms with Crippen molar-refractivity contribution >= 4 is 20.7 Å². The smallest absolute Gasteiger partial charge is 0.481 e. The number of hydrogen-bond donors (Lipinski definition) is 2. The van der Waals surface area contributed by atoms with Crippen molar-refractivity contribution in [3.05, 3.63) is 0 Å². The maximum absolute atomic E-state index is 11.7. The topological polar surface area (TPSA) is 102 Å². The van der Waals surface area contributed by atoms with Gasteiger partial charge in [0.05, 0.1) is 11.8 Å². The second-order valence-corrected chi connectivity index (χ2v) is 8.50. The largest absolute Gasteiger partial charge is 0.500 e. The van der Waals surface area contributed by atoms with Gasteiger partial charge in [-0.25, -0.2) is 0 Å². The second kappa shape index (κ2) is 9.93. The Labute approximate surface area is 132 Å². The Morgan fingerprint density at radius 1 is 1.00 bits per heavy atom. The van der Waals surface area contributed by atoms with Gasteiger partial charge < -0.3 is 23.5 Å². The quantitative estimate of drug-likeness (QED) is 0.498. The molecule has 0 aliphatic carbocycles. The van der Waals surface area contributed by atoms with Crippen LogP contribution in [-0.2, 0) is 22.9 Å². The summed E-state index contributed by atoms with van der Waals surface area (Å²) < 4.78 is 15.9. The number of unbranched alkanes of at least 4 members (excludes halogenated alkanes) is 1. The van der Waals surface area contributed by atoms with Gasteiger partial charge in [0.2, 0.25) is 0 Å². The van der Waals surface area contributed by atoms with Crippen LogP contribution in [0.3, 0.4) is 0 Å². The average molecular weight is 336 g/mol. The van der Waals surface area contributed by atoms with E-state index in [1.165, 1.54) is 21.3 Å². The Bertz CT molecular complexity index is 349. The van der Waals surface area contributed by atoms with E-state index < -0.39 is 26.2 Å². The Morgan fingerprint density at radius 3 is 1.86 bits per heavy atom. The van der Waals surface area contributed by atoms with Crippen molar-refractivity contribution in [2.24, 2.45) is 5.41 Å². The van der Waals surface area contributed by atoms with E-state index in [0.717, 1.165) is 6.42 Å². The van der Waals surface area contributed by atoms with Crippen molar-refractivity contribution < 1.29 is 33.1 Å². The normalized spacial score (nSPS) is 14.5. The van der Waals surface area contributed by atoms with Gasteiger partial charge in [0.1, 0.15) is 0 Å². The third-order valence-electron chi connectivity index (χ3n) is 4.02. The van der Waals surface area contributed by atoms with Crippen LogP contribution in [0.1, 0.15) is 45.4 Å². The zero-order valence-corrected chi connectivity index (χ0v) is 14.9. The van der Waals surface area contributed by atoms with Crippen LogP contribution in [0.5, 0.6) is 0 Å². The average Bonchev–Trinajstić information content (AvgIpc) is 2.48. The highest BCUT2D eigenvalue weighted by Gasteiger charge is 2.42. The molecule has 0 rings (SSSR count). The summed E-state index contributed by atoms with van der Waals surface area (Å²) in [6.07, 6.45) is 2.23. The number of carboxylic acids is 2. The minimum atomic E-state index is -2.76. The molecule has 0 bridgehead atoms. The maximum atomic E-state index is 11.7. The molecule has 0 amide bonds. The fourth-order valence-corrected chi connectivity index (χ4v) is 4.32. The zero-order chi connectivity index (χ0) is 17.2. The molecule has 0 spiro atoms. The number of aliphatic carboxylic acids is 2. The van der Waals surface area contributed by atoms with E-state index in [-0.39, 0.29) is 12.8 Å². The van der Waals surface area contributed by atoms with Crippen LogP contribution in [0.4, 0.5) is 0 Å². The van der Waals surface area contributed by atoms with E-state index in [1.54, 1.807) is 0 Å². The molecule has 0 aromatic rings. The van der Waals surface area contributed by atoms with E-state index >= 15 is 0 Å². The van der Waals surface area contributed by atoms with E-state index in [9.17, 15) is 14.7 Å². The number of rotatable bonds is 13. The summed E-state index contributed by atoms with van der Waals surface area (Å²) in [6, 6.07) is 0.456. The lowest BCUT2D eigenvalue weighted by atomic mass is 9.76. The van der Waals surface area contributed by atoms with Crippen molar-refractivity contribution in [1.29, 1.82) is 0 Å². The molecule has 7 nitrogen and oxygen atoms in total. The van der Waals surface area contributed by atoms with Crippen LogP contribution in [0.15, 0.2) is 0 Å². The molecule has 0 aliphatic rings.